The van der Waals surface area contributed by atoms with Crippen LogP contribution in [0.5, 0.6) is 5.75 Å². The summed E-state index contributed by atoms with van der Waals surface area (Å²) in [5, 5.41) is 25.0. The highest BCUT2D eigenvalue weighted by molar-refractivity contribution is 6.27. The first-order valence-corrected chi connectivity index (χ1v) is 10.7. The molecule has 3 aromatic rings. The van der Waals surface area contributed by atoms with Gasteiger partial charge < -0.3 is 15.9 Å². The van der Waals surface area contributed by atoms with Gasteiger partial charge in [-0.3, -0.25) is 24.5 Å². The van der Waals surface area contributed by atoms with Gasteiger partial charge in [-0.15, -0.1) is 0 Å². The van der Waals surface area contributed by atoms with E-state index < -0.39 is 53.5 Å². The Balaban J connectivity index is 1.72. The summed E-state index contributed by atoms with van der Waals surface area (Å²) in [6.45, 7) is 0. The van der Waals surface area contributed by atoms with Crippen molar-refractivity contribution in [3.8, 4) is 5.75 Å². The fraction of sp³-hybridized carbons (Fsp3) is 0.200. The second-order valence-corrected chi connectivity index (χ2v) is 8.61. The molecule has 4 atom stereocenters. The number of rotatable bonds is 5. The van der Waals surface area contributed by atoms with Crippen molar-refractivity contribution < 1.29 is 29.4 Å². The van der Waals surface area contributed by atoms with Gasteiger partial charge in [0.15, 0.2) is 0 Å². The number of phenols is 1. The fourth-order valence-corrected chi connectivity index (χ4v) is 5.37. The number of imide groups is 1. The minimum Gasteiger partial charge on any atom is -0.508 e. The highest BCUT2D eigenvalue weighted by Crippen LogP contribution is 2.52. The Bertz CT molecular complexity index is 1370. The zero-order valence-corrected chi connectivity index (χ0v) is 17.8. The number of nitrogens with one attached hydrogen (secondary N) is 1. The van der Waals surface area contributed by atoms with Gasteiger partial charge in [0, 0.05) is 17.0 Å². The summed E-state index contributed by atoms with van der Waals surface area (Å²) < 4.78 is 0. The van der Waals surface area contributed by atoms with Gasteiger partial charge in [-0.1, -0.05) is 54.6 Å². The predicted octanol–water partition coefficient (Wildman–Crippen LogP) is 1.69. The number of nitrogens with zero attached hydrogens (tertiary/aromatic N) is 1. The number of phenolic OH excluding ortho intramolecular Hbond substituents is 1. The van der Waals surface area contributed by atoms with Crippen molar-refractivity contribution in [2.45, 2.75) is 18.0 Å². The van der Waals surface area contributed by atoms with Crippen LogP contribution in [0.3, 0.4) is 0 Å². The molecule has 2 fully saturated rings. The van der Waals surface area contributed by atoms with Crippen LogP contribution in [0.2, 0.25) is 0 Å². The van der Waals surface area contributed by atoms with Crippen molar-refractivity contribution >= 4 is 40.2 Å². The molecule has 34 heavy (non-hydrogen) atoms. The number of primary amides is 1. The van der Waals surface area contributed by atoms with Crippen LogP contribution < -0.4 is 16.0 Å². The summed E-state index contributed by atoms with van der Waals surface area (Å²) in [6, 6.07) is 17.5. The Morgan fingerprint density at radius 3 is 2.35 bits per heavy atom. The van der Waals surface area contributed by atoms with Gasteiger partial charge in [-0.05, 0) is 17.5 Å². The monoisotopic (exact) mass is 459 g/mol. The number of benzene rings is 3. The van der Waals surface area contributed by atoms with E-state index in [1.165, 1.54) is 6.07 Å². The summed E-state index contributed by atoms with van der Waals surface area (Å²) in [7, 11) is 0. The number of fused-ring (bicyclic) bond motifs is 2. The van der Waals surface area contributed by atoms with Gasteiger partial charge in [0.05, 0.1) is 23.9 Å². The van der Waals surface area contributed by atoms with Crippen molar-refractivity contribution in [1.29, 1.82) is 0 Å². The number of carboxylic acid groups (broad SMARTS) is 1. The van der Waals surface area contributed by atoms with Crippen molar-refractivity contribution in [3.63, 3.8) is 0 Å². The van der Waals surface area contributed by atoms with Crippen molar-refractivity contribution in [2.75, 3.05) is 4.90 Å². The highest BCUT2D eigenvalue weighted by atomic mass is 16.4. The molecule has 2 heterocycles. The van der Waals surface area contributed by atoms with Crippen LogP contribution in [0, 0.1) is 11.8 Å². The van der Waals surface area contributed by atoms with E-state index in [2.05, 4.69) is 5.32 Å². The van der Waals surface area contributed by atoms with Crippen LogP contribution in [0.15, 0.2) is 66.7 Å². The number of nitrogens with two attached hydrogens (primary N) is 1. The molecule has 172 valence electrons. The second kappa shape index (κ2) is 7.67. The van der Waals surface area contributed by atoms with Gasteiger partial charge in [0.1, 0.15) is 11.3 Å². The smallest absolute Gasteiger partial charge is 0.325 e. The van der Waals surface area contributed by atoms with Gasteiger partial charge in [-0.25, -0.2) is 4.90 Å². The molecular formula is C25H21N3O6. The van der Waals surface area contributed by atoms with E-state index in [0.29, 0.717) is 11.1 Å². The molecule has 9 nitrogen and oxygen atoms in total. The number of para-hydroxylation sites is 1. The van der Waals surface area contributed by atoms with E-state index in [0.717, 1.165) is 10.3 Å². The largest absolute Gasteiger partial charge is 0.508 e. The third kappa shape index (κ3) is 2.97. The number of carbonyl (C=O) groups is 4. The molecule has 3 aromatic carbocycles. The quantitative estimate of drug-likeness (QED) is 0.424. The molecule has 9 heteroatoms. The van der Waals surface area contributed by atoms with E-state index in [4.69, 9.17) is 5.73 Å². The molecule has 2 saturated heterocycles. The molecule has 5 rings (SSSR count). The average Bonchev–Trinajstić information content (AvgIpc) is 3.27. The molecule has 3 amide bonds. The Kier molecular flexibility index (Phi) is 4.87. The lowest BCUT2D eigenvalue weighted by atomic mass is 9.77. The van der Waals surface area contributed by atoms with Gasteiger partial charge in [0.25, 0.3) is 0 Å². The zero-order chi connectivity index (χ0) is 24.2. The molecule has 2 aliphatic rings. The molecule has 0 bridgehead atoms. The van der Waals surface area contributed by atoms with E-state index in [-0.39, 0.29) is 11.3 Å². The summed E-state index contributed by atoms with van der Waals surface area (Å²) in [5.41, 5.74) is 3.86. The van der Waals surface area contributed by atoms with Crippen LogP contribution in [0.25, 0.3) is 10.8 Å². The lowest BCUT2D eigenvalue weighted by Gasteiger charge is -2.30. The predicted molar refractivity (Wildman–Crippen MR) is 122 cm³/mol. The molecule has 5 N–H and O–H groups in total. The molecule has 0 spiro atoms. The summed E-state index contributed by atoms with van der Waals surface area (Å²) in [5.74, 6) is -6.50. The molecule has 0 aliphatic carbocycles. The van der Waals surface area contributed by atoms with Crippen LogP contribution in [-0.2, 0) is 19.2 Å². The Labute approximate surface area is 193 Å². The molecule has 0 unspecified atom stereocenters. The van der Waals surface area contributed by atoms with Crippen molar-refractivity contribution in [3.05, 3.63) is 72.3 Å². The number of hydrogen-bond acceptors (Lipinski definition) is 6. The maximum absolute atomic E-state index is 13.8. The van der Waals surface area contributed by atoms with Gasteiger partial charge in [0.2, 0.25) is 17.7 Å². The number of carboxylic acids is 1. The SMILES string of the molecule is NC(=O)C[C@@]1(C(=O)O)N[C@@H](c2ccccc2O)[C@@H]2C(=O)N(c3cccc4ccccc34)C(=O)[C@H]21. The Hall–Kier alpha value is -4.24. The van der Waals surface area contributed by atoms with Gasteiger partial charge in [-0.2, -0.15) is 0 Å². The summed E-state index contributed by atoms with van der Waals surface area (Å²) >= 11 is 0. The molecular weight excluding hydrogens is 438 g/mol. The number of hydrogen-bond donors (Lipinski definition) is 4. The van der Waals surface area contributed by atoms with Crippen LogP contribution >= 0.6 is 0 Å². The molecule has 0 saturated carbocycles. The topological polar surface area (TPSA) is 150 Å². The molecule has 2 aliphatic heterocycles. The fourth-order valence-electron chi connectivity index (χ4n) is 5.37. The summed E-state index contributed by atoms with van der Waals surface area (Å²) in [6.07, 6.45) is -0.698. The van der Waals surface area contributed by atoms with Crippen LogP contribution in [-0.4, -0.2) is 39.4 Å². The van der Waals surface area contributed by atoms with Crippen LogP contribution in [0.1, 0.15) is 18.0 Å². The minimum atomic E-state index is -2.12. The van der Waals surface area contributed by atoms with E-state index in [9.17, 15) is 29.4 Å². The summed E-state index contributed by atoms with van der Waals surface area (Å²) in [4.78, 5) is 53.1. The number of carbonyl (C=O) groups excluding carboxylic acids is 3. The highest BCUT2D eigenvalue weighted by Gasteiger charge is 2.69. The second-order valence-electron chi connectivity index (χ2n) is 8.61. The average molecular weight is 459 g/mol. The number of aliphatic carboxylic acids is 1. The van der Waals surface area contributed by atoms with Crippen LogP contribution in [0.4, 0.5) is 5.69 Å². The van der Waals surface area contributed by atoms with E-state index >= 15 is 0 Å². The first kappa shape index (κ1) is 21.6. The first-order chi connectivity index (χ1) is 16.3. The number of anilines is 1. The Morgan fingerprint density at radius 1 is 0.971 bits per heavy atom. The lowest BCUT2D eigenvalue weighted by Crippen LogP contribution is -2.57. The number of aromatic hydroxyl groups is 1. The maximum Gasteiger partial charge on any atom is 0.325 e. The third-order valence-electron chi connectivity index (χ3n) is 6.77. The molecule has 0 radical (unpaired) electrons. The normalized spacial score (nSPS) is 26.1. The lowest BCUT2D eigenvalue weighted by molar-refractivity contribution is -0.150. The number of amides is 3. The standard InChI is InChI=1S/C25H21N3O6/c26-18(30)12-25(24(33)34)20-19(21(27-25)15-9-3-4-11-17(15)29)22(31)28(23(20)32)16-10-5-7-13-6-1-2-8-14(13)16/h1-11,19-21,27,29H,12H2,(H2,26,30)(H,33,34)/t19-,20+,21+,25-/m1/s1. The minimum absolute atomic E-state index is 0.164. The van der Waals surface area contributed by atoms with Gasteiger partial charge >= 0.3 is 5.97 Å². The third-order valence-corrected chi connectivity index (χ3v) is 6.77. The van der Waals surface area contributed by atoms with Crippen molar-refractivity contribution in [2.24, 2.45) is 17.6 Å². The maximum atomic E-state index is 13.8. The zero-order valence-electron chi connectivity index (χ0n) is 17.8. The van der Waals surface area contributed by atoms with E-state index in [1.54, 1.807) is 42.5 Å². The first-order valence-electron chi connectivity index (χ1n) is 10.7. The Morgan fingerprint density at radius 2 is 1.65 bits per heavy atom. The van der Waals surface area contributed by atoms with E-state index in [1.807, 2.05) is 18.2 Å². The molecule has 0 aromatic heterocycles. The van der Waals surface area contributed by atoms with Crippen molar-refractivity contribution in [1.82, 2.24) is 5.32 Å².